The number of aromatic nitrogens is 3. The average Bonchev–Trinajstić information content (AvgIpc) is 2.94. The van der Waals surface area contributed by atoms with Crippen LogP contribution in [0.2, 0.25) is 5.02 Å². The fourth-order valence-electron chi connectivity index (χ4n) is 2.30. The predicted octanol–water partition coefficient (Wildman–Crippen LogP) is 2.41. The Morgan fingerprint density at radius 3 is 2.78 bits per heavy atom. The van der Waals surface area contributed by atoms with Gasteiger partial charge in [0.15, 0.2) is 0 Å². The molecule has 3 aromatic rings. The molecule has 0 saturated carbocycles. The van der Waals surface area contributed by atoms with Crippen molar-refractivity contribution in [2.75, 3.05) is 0 Å². The first kappa shape index (κ1) is 15.5. The number of carbonyl (C=O) groups excluding carboxylic acids is 1. The van der Waals surface area contributed by atoms with Crippen molar-refractivity contribution in [3.8, 4) is 11.3 Å². The number of rotatable bonds is 4. The summed E-state index contributed by atoms with van der Waals surface area (Å²) in [6.45, 7) is 1.76. The Hall–Kier alpha value is -2.44. The molecule has 118 valence electrons. The van der Waals surface area contributed by atoms with E-state index in [2.05, 4.69) is 20.3 Å². The van der Waals surface area contributed by atoms with Crippen molar-refractivity contribution in [2.24, 2.45) is 0 Å². The third-order valence-corrected chi connectivity index (χ3v) is 3.75. The molecule has 0 unspecified atom stereocenters. The molecule has 1 amide bonds. The van der Waals surface area contributed by atoms with Gasteiger partial charge in [-0.1, -0.05) is 11.6 Å². The van der Waals surface area contributed by atoms with Gasteiger partial charge in [0.1, 0.15) is 0 Å². The molecule has 0 aliphatic carbocycles. The summed E-state index contributed by atoms with van der Waals surface area (Å²) < 4.78 is 0. The molecule has 0 atom stereocenters. The third kappa shape index (κ3) is 3.33. The number of aromatic amines is 1. The van der Waals surface area contributed by atoms with E-state index < -0.39 is 0 Å². The molecular formula is C16H15ClN4O2. The maximum absolute atomic E-state index is 11.0. The molecule has 0 aliphatic heterocycles. The number of halogens is 1. The molecule has 0 aliphatic rings. The van der Waals surface area contributed by atoms with Crippen LogP contribution in [-0.2, 0) is 17.9 Å². The van der Waals surface area contributed by atoms with Crippen LogP contribution in [0.3, 0.4) is 0 Å². The van der Waals surface area contributed by atoms with Gasteiger partial charge in [-0.2, -0.15) is 0 Å². The molecule has 0 bridgehead atoms. The Kier molecular flexibility index (Phi) is 4.27. The number of carbonyl (C=O) groups is 1. The van der Waals surface area contributed by atoms with E-state index in [0.717, 1.165) is 22.2 Å². The molecule has 3 rings (SSSR count). The zero-order chi connectivity index (χ0) is 16.4. The Labute approximate surface area is 137 Å². The van der Waals surface area contributed by atoms with Crippen LogP contribution in [0, 0.1) is 0 Å². The smallest absolute Gasteiger partial charge is 0.217 e. The molecule has 2 heterocycles. The molecule has 0 spiro atoms. The van der Waals surface area contributed by atoms with Crippen LogP contribution in [0.25, 0.3) is 22.2 Å². The summed E-state index contributed by atoms with van der Waals surface area (Å²) in [6.07, 6.45) is 3.10. The Morgan fingerprint density at radius 1 is 1.30 bits per heavy atom. The lowest BCUT2D eigenvalue weighted by Gasteiger charge is -2.04. The van der Waals surface area contributed by atoms with Crippen LogP contribution < -0.4 is 5.32 Å². The van der Waals surface area contributed by atoms with Gasteiger partial charge in [0.05, 0.1) is 42.0 Å². The highest BCUT2D eigenvalue weighted by molar-refractivity contribution is 6.34. The summed E-state index contributed by atoms with van der Waals surface area (Å²) >= 11 is 6.35. The van der Waals surface area contributed by atoms with Gasteiger partial charge in [0, 0.05) is 29.1 Å². The van der Waals surface area contributed by atoms with Crippen LogP contribution in [-0.4, -0.2) is 26.0 Å². The normalized spacial score (nSPS) is 10.9. The zero-order valence-electron chi connectivity index (χ0n) is 12.4. The van der Waals surface area contributed by atoms with Crippen LogP contribution in [0.5, 0.6) is 0 Å². The van der Waals surface area contributed by atoms with Crippen LogP contribution in [0.1, 0.15) is 18.3 Å². The standard InChI is InChI=1S/C16H15ClN4O2/c1-9(23)18-5-11-2-10-3-14(17)13(4-15(10)21-11)16-7-19-12(8-22)6-20-16/h2-4,6-7,21-22H,5,8H2,1H3,(H,18,23). The van der Waals surface area contributed by atoms with E-state index in [9.17, 15) is 4.79 Å². The van der Waals surface area contributed by atoms with Gasteiger partial charge in [-0.3, -0.25) is 14.8 Å². The van der Waals surface area contributed by atoms with E-state index in [1.165, 1.54) is 13.1 Å². The van der Waals surface area contributed by atoms with E-state index in [-0.39, 0.29) is 12.5 Å². The number of H-pyrrole nitrogens is 1. The van der Waals surface area contributed by atoms with Crippen molar-refractivity contribution in [3.63, 3.8) is 0 Å². The maximum atomic E-state index is 11.0. The Balaban J connectivity index is 1.97. The zero-order valence-corrected chi connectivity index (χ0v) is 13.2. The molecule has 6 nitrogen and oxygen atoms in total. The van der Waals surface area contributed by atoms with Crippen LogP contribution in [0.4, 0.5) is 0 Å². The van der Waals surface area contributed by atoms with Crippen LogP contribution >= 0.6 is 11.6 Å². The quantitative estimate of drug-likeness (QED) is 0.685. The topological polar surface area (TPSA) is 90.9 Å². The number of aliphatic hydroxyl groups is 1. The molecule has 7 heteroatoms. The second kappa shape index (κ2) is 6.36. The first-order chi connectivity index (χ1) is 11.1. The number of nitrogens with zero attached hydrogens (tertiary/aromatic N) is 2. The van der Waals surface area contributed by atoms with Gasteiger partial charge in [-0.25, -0.2) is 0 Å². The fourth-order valence-corrected chi connectivity index (χ4v) is 2.57. The van der Waals surface area contributed by atoms with E-state index in [0.29, 0.717) is 23.0 Å². The summed E-state index contributed by atoms with van der Waals surface area (Å²) in [4.78, 5) is 22.6. The van der Waals surface area contributed by atoms with Gasteiger partial charge in [0.2, 0.25) is 5.91 Å². The summed E-state index contributed by atoms with van der Waals surface area (Å²) in [5, 5.41) is 13.3. The number of hydrogen-bond acceptors (Lipinski definition) is 4. The monoisotopic (exact) mass is 330 g/mol. The highest BCUT2D eigenvalue weighted by atomic mass is 35.5. The second-order valence-electron chi connectivity index (χ2n) is 5.17. The molecule has 0 fully saturated rings. The van der Waals surface area contributed by atoms with E-state index >= 15 is 0 Å². The Morgan fingerprint density at radius 2 is 2.13 bits per heavy atom. The van der Waals surface area contributed by atoms with Gasteiger partial charge in [-0.15, -0.1) is 0 Å². The van der Waals surface area contributed by atoms with Gasteiger partial charge < -0.3 is 15.4 Å². The molecule has 23 heavy (non-hydrogen) atoms. The number of nitrogens with one attached hydrogen (secondary N) is 2. The summed E-state index contributed by atoms with van der Waals surface area (Å²) in [5.41, 5.74) is 3.68. The minimum absolute atomic E-state index is 0.0818. The highest BCUT2D eigenvalue weighted by Gasteiger charge is 2.10. The molecular weight excluding hydrogens is 316 g/mol. The average molecular weight is 331 g/mol. The van der Waals surface area contributed by atoms with Crippen LogP contribution in [0.15, 0.2) is 30.6 Å². The number of hydrogen-bond donors (Lipinski definition) is 3. The second-order valence-corrected chi connectivity index (χ2v) is 5.58. The van der Waals surface area contributed by atoms with Crippen molar-refractivity contribution >= 4 is 28.4 Å². The minimum atomic E-state index is -0.150. The first-order valence-electron chi connectivity index (χ1n) is 7.04. The van der Waals surface area contributed by atoms with E-state index in [1.54, 1.807) is 6.20 Å². The largest absolute Gasteiger partial charge is 0.390 e. The number of benzene rings is 1. The van der Waals surface area contributed by atoms with Crippen molar-refractivity contribution in [1.29, 1.82) is 0 Å². The molecule has 1 aromatic carbocycles. The summed E-state index contributed by atoms with van der Waals surface area (Å²) in [6, 6.07) is 5.70. The maximum Gasteiger partial charge on any atom is 0.217 e. The molecule has 0 saturated heterocycles. The molecule has 0 radical (unpaired) electrons. The predicted molar refractivity (Wildman–Crippen MR) is 87.8 cm³/mol. The van der Waals surface area contributed by atoms with Gasteiger partial charge in [-0.05, 0) is 18.2 Å². The van der Waals surface area contributed by atoms with Gasteiger partial charge in [0.25, 0.3) is 0 Å². The fraction of sp³-hybridized carbons (Fsp3) is 0.188. The van der Waals surface area contributed by atoms with E-state index in [4.69, 9.17) is 16.7 Å². The Bertz CT molecular complexity index is 858. The van der Waals surface area contributed by atoms with Crippen molar-refractivity contribution in [2.45, 2.75) is 20.1 Å². The summed E-state index contributed by atoms with van der Waals surface area (Å²) in [7, 11) is 0. The lowest BCUT2D eigenvalue weighted by molar-refractivity contribution is -0.119. The van der Waals surface area contributed by atoms with Crippen molar-refractivity contribution in [3.05, 3.63) is 47.0 Å². The number of aliphatic hydroxyl groups excluding tert-OH is 1. The minimum Gasteiger partial charge on any atom is -0.390 e. The number of fused-ring (bicyclic) bond motifs is 1. The lowest BCUT2D eigenvalue weighted by atomic mass is 10.1. The van der Waals surface area contributed by atoms with Gasteiger partial charge >= 0.3 is 0 Å². The highest BCUT2D eigenvalue weighted by Crippen LogP contribution is 2.31. The molecule has 2 aromatic heterocycles. The lowest BCUT2D eigenvalue weighted by Crippen LogP contribution is -2.18. The third-order valence-electron chi connectivity index (χ3n) is 3.44. The van der Waals surface area contributed by atoms with Crippen molar-refractivity contribution < 1.29 is 9.90 Å². The molecule has 3 N–H and O–H groups in total. The SMILES string of the molecule is CC(=O)NCc1cc2cc(Cl)c(-c3cnc(CO)cn3)cc2[nH]1. The number of amides is 1. The van der Waals surface area contributed by atoms with Crippen molar-refractivity contribution in [1.82, 2.24) is 20.3 Å². The summed E-state index contributed by atoms with van der Waals surface area (Å²) in [5.74, 6) is -0.0818. The van der Waals surface area contributed by atoms with E-state index in [1.807, 2.05) is 18.2 Å². The first-order valence-corrected chi connectivity index (χ1v) is 7.42.